The van der Waals surface area contributed by atoms with Crippen LogP contribution < -0.4 is 4.90 Å². The highest BCUT2D eigenvalue weighted by Crippen LogP contribution is 2.39. The Kier molecular flexibility index (Phi) is 4.95. The Hall–Kier alpha value is -2.86. The molecule has 0 atom stereocenters. The third kappa shape index (κ3) is 3.35. The summed E-state index contributed by atoms with van der Waals surface area (Å²) in [6.45, 7) is 0. The van der Waals surface area contributed by atoms with Crippen LogP contribution in [0.5, 0.6) is 0 Å². The molecule has 1 aliphatic rings. The Morgan fingerprint density at radius 1 is 0.933 bits per heavy atom. The molecule has 5 rings (SSSR count). The van der Waals surface area contributed by atoms with Gasteiger partial charge in [0.05, 0.1) is 15.6 Å². The fourth-order valence-corrected chi connectivity index (χ4v) is 4.94. The third-order valence-electron chi connectivity index (χ3n) is 4.84. The van der Waals surface area contributed by atoms with Crippen molar-refractivity contribution in [1.82, 2.24) is 0 Å². The van der Waals surface area contributed by atoms with Crippen LogP contribution in [0.25, 0.3) is 28.2 Å². The van der Waals surface area contributed by atoms with Crippen LogP contribution in [-0.4, -0.2) is 10.2 Å². The summed E-state index contributed by atoms with van der Waals surface area (Å²) < 4.78 is 6.42. The highest BCUT2D eigenvalue weighted by molar-refractivity contribution is 8.27. The van der Waals surface area contributed by atoms with Gasteiger partial charge in [-0.15, -0.1) is 0 Å². The van der Waals surface area contributed by atoms with Crippen molar-refractivity contribution in [1.29, 1.82) is 0 Å². The van der Waals surface area contributed by atoms with E-state index < -0.39 is 0 Å². The van der Waals surface area contributed by atoms with Crippen molar-refractivity contribution >= 4 is 68.3 Å². The molecular weight excluding hydrogens is 434 g/mol. The average Bonchev–Trinajstić information content (AvgIpc) is 3.32. The molecule has 4 aromatic rings. The Balaban J connectivity index is 1.49. The molecule has 3 nitrogen and oxygen atoms in total. The van der Waals surface area contributed by atoms with Crippen molar-refractivity contribution in [2.45, 2.75) is 0 Å². The van der Waals surface area contributed by atoms with E-state index in [0.29, 0.717) is 25.8 Å². The lowest BCUT2D eigenvalue weighted by Crippen LogP contribution is -2.27. The van der Waals surface area contributed by atoms with Crippen LogP contribution in [0.2, 0.25) is 5.02 Å². The van der Waals surface area contributed by atoms with Crippen molar-refractivity contribution in [2.75, 3.05) is 4.90 Å². The lowest BCUT2D eigenvalue weighted by Gasteiger charge is -2.17. The van der Waals surface area contributed by atoms with E-state index in [0.717, 1.165) is 22.0 Å². The van der Waals surface area contributed by atoms with Crippen LogP contribution in [0, 0.1) is 0 Å². The molecule has 146 valence electrons. The molecule has 0 aliphatic carbocycles. The number of furan rings is 1. The maximum absolute atomic E-state index is 13.2. The molecule has 0 saturated carbocycles. The van der Waals surface area contributed by atoms with Gasteiger partial charge in [0.2, 0.25) is 0 Å². The molecule has 0 spiro atoms. The molecule has 0 N–H and O–H groups in total. The average molecular weight is 448 g/mol. The van der Waals surface area contributed by atoms with Gasteiger partial charge in [0.15, 0.2) is 4.32 Å². The Bertz CT molecular complexity index is 1340. The number of amides is 1. The number of carbonyl (C=O) groups excluding carboxylic acids is 1. The smallest absolute Gasteiger partial charge is 0.270 e. The SMILES string of the molecule is O=C1/C(=C\c2ccc(-c3ccccc3Cl)o2)SC(=S)N1c1cccc2ccccc12. The Morgan fingerprint density at radius 3 is 2.57 bits per heavy atom. The maximum Gasteiger partial charge on any atom is 0.270 e. The topological polar surface area (TPSA) is 33.5 Å². The fraction of sp³-hybridized carbons (Fsp3) is 0. The largest absolute Gasteiger partial charge is 0.457 e. The summed E-state index contributed by atoms with van der Waals surface area (Å²) in [5.74, 6) is 1.07. The quantitative estimate of drug-likeness (QED) is 0.246. The molecule has 1 fully saturated rings. The number of fused-ring (bicyclic) bond motifs is 1. The normalized spacial score (nSPS) is 15.5. The van der Waals surface area contributed by atoms with E-state index in [1.807, 2.05) is 78.9 Å². The fourth-order valence-electron chi connectivity index (χ4n) is 3.44. The van der Waals surface area contributed by atoms with Crippen molar-refractivity contribution in [3.63, 3.8) is 0 Å². The van der Waals surface area contributed by atoms with Gasteiger partial charge in [-0.2, -0.15) is 0 Å². The van der Waals surface area contributed by atoms with Gasteiger partial charge in [-0.1, -0.05) is 84.1 Å². The first-order valence-electron chi connectivity index (χ1n) is 9.22. The summed E-state index contributed by atoms with van der Waals surface area (Å²) in [5, 5.41) is 2.65. The number of thiocarbonyl (C=S) groups is 1. The van der Waals surface area contributed by atoms with Crippen LogP contribution in [-0.2, 0) is 4.79 Å². The number of hydrogen-bond acceptors (Lipinski definition) is 4. The lowest BCUT2D eigenvalue weighted by molar-refractivity contribution is -0.113. The summed E-state index contributed by atoms with van der Waals surface area (Å²) in [6.07, 6.45) is 1.73. The molecule has 1 amide bonds. The number of anilines is 1. The number of rotatable bonds is 3. The monoisotopic (exact) mass is 447 g/mol. The van der Waals surface area contributed by atoms with E-state index >= 15 is 0 Å². The number of nitrogens with zero attached hydrogens (tertiary/aromatic N) is 1. The number of hydrogen-bond donors (Lipinski definition) is 0. The number of benzene rings is 3. The van der Waals surface area contributed by atoms with E-state index in [4.69, 9.17) is 28.2 Å². The molecule has 0 bridgehead atoms. The summed E-state index contributed by atoms with van der Waals surface area (Å²) in [5.41, 5.74) is 1.59. The summed E-state index contributed by atoms with van der Waals surface area (Å²) in [7, 11) is 0. The second-order valence-corrected chi connectivity index (χ2v) is 8.78. The van der Waals surface area contributed by atoms with Crippen LogP contribution in [0.4, 0.5) is 5.69 Å². The van der Waals surface area contributed by atoms with Crippen LogP contribution >= 0.6 is 35.6 Å². The van der Waals surface area contributed by atoms with Gasteiger partial charge in [-0.3, -0.25) is 9.69 Å². The van der Waals surface area contributed by atoms with Gasteiger partial charge in [-0.25, -0.2) is 0 Å². The minimum Gasteiger partial charge on any atom is -0.457 e. The summed E-state index contributed by atoms with van der Waals surface area (Å²) >= 11 is 13.1. The predicted molar refractivity (Wildman–Crippen MR) is 129 cm³/mol. The van der Waals surface area contributed by atoms with Crippen molar-refractivity contribution in [2.24, 2.45) is 0 Å². The van der Waals surface area contributed by atoms with Gasteiger partial charge in [0.25, 0.3) is 5.91 Å². The van der Waals surface area contributed by atoms with Crippen LogP contribution in [0.1, 0.15) is 5.76 Å². The van der Waals surface area contributed by atoms with E-state index in [-0.39, 0.29) is 5.91 Å². The van der Waals surface area contributed by atoms with Crippen LogP contribution in [0.3, 0.4) is 0 Å². The maximum atomic E-state index is 13.2. The molecule has 3 aromatic carbocycles. The zero-order valence-electron chi connectivity index (χ0n) is 15.5. The molecule has 6 heteroatoms. The Morgan fingerprint density at radius 2 is 1.70 bits per heavy atom. The lowest BCUT2D eigenvalue weighted by atomic mass is 10.1. The van der Waals surface area contributed by atoms with E-state index in [9.17, 15) is 4.79 Å². The van der Waals surface area contributed by atoms with Crippen molar-refractivity contribution in [3.05, 3.63) is 94.6 Å². The molecular formula is C24H14ClNO2S2. The number of carbonyl (C=O) groups is 1. The van der Waals surface area contributed by atoms with Gasteiger partial charge < -0.3 is 4.42 Å². The van der Waals surface area contributed by atoms with Crippen LogP contribution in [0.15, 0.2) is 88.2 Å². The minimum absolute atomic E-state index is 0.156. The Labute approximate surface area is 187 Å². The summed E-state index contributed by atoms with van der Waals surface area (Å²) in [4.78, 5) is 15.3. The number of thioether (sulfide) groups is 1. The number of halogens is 1. The molecule has 0 unspecified atom stereocenters. The third-order valence-corrected chi connectivity index (χ3v) is 6.47. The highest BCUT2D eigenvalue weighted by Gasteiger charge is 2.34. The molecule has 1 saturated heterocycles. The van der Waals surface area contributed by atoms with E-state index in [1.165, 1.54) is 11.8 Å². The van der Waals surface area contributed by atoms with Gasteiger partial charge in [0, 0.05) is 17.0 Å². The van der Waals surface area contributed by atoms with Crippen molar-refractivity contribution < 1.29 is 9.21 Å². The standard InChI is InChI=1S/C24H14ClNO2S2/c25-19-10-4-3-9-18(19)21-13-12-16(28-21)14-22-23(27)26(24(29)30-22)20-11-5-7-15-6-1-2-8-17(15)20/h1-14H/b22-14+. The molecule has 0 radical (unpaired) electrons. The molecule has 1 aliphatic heterocycles. The highest BCUT2D eigenvalue weighted by atomic mass is 35.5. The van der Waals surface area contributed by atoms with Gasteiger partial charge in [0.1, 0.15) is 11.5 Å². The predicted octanol–water partition coefficient (Wildman–Crippen LogP) is 7.16. The second-order valence-electron chi connectivity index (χ2n) is 6.70. The first-order chi connectivity index (χ1) is 14.6. The van der Waals surface area contributed by atoms with E-state index in [2.05, 4.69) is 0 Å². The van der Waals surface area contributed by atoms with E-state index in [1.54, 1.807) is 11.0 Å². The first-order valence-corrected chi connectivity index (χ1v) is 10.8. The first kappa shape index (κ1) is 19.1. The van der Waals surface area contributed by atoms with Gasteiger partial charge >= 0.3 is 0 Å². The molecule has 1 aromatic heterocycles. The molecule has 30 heavy (non-hydrogen) atoms. The molecule has 2 heterocycles. The van der Waals surface area contributed by atoms with Gasteiger partial charge in [-0.05, 0) is 35.7 Å². The second kappa shape index (κ2) is 7.76. The summed E-state index contributed by atoms with van der Waals surface area (Å²) in [6, 6.07) is 25.0. The van der Waals surface area contributed by atoms with Crippen molar-refractivity contribution in [3.8, 4) is 11.3 Å². The zero-order chi connectivity index (χ0) is 20.7. The zero-order valence-corrected chi connectivity index (χ0v) is 17.9. The minimum atomic E-state index is -0.156.